The first-order chi connectivity index (χ1) is 17.0. The van der Waals surface area contributed by atoms with Gasteiger partial charge < -0.3 is 15.1 Å². The molecule has 0 unspecified atom stereocenters. The zero-order chi connectivity index (χ0) is 24.4. The summed E-state index contributed by atoms with van der Waals surface area (Å²) in [6.07, 6.45) is 14.9. The number of aliphatic hydroxyl groups excluding tert-OH is 2. The molecule has 4 nitrogen and oxygen atoms in total. The summed E-state index contributed by atoms with van der Waals surface area (Å²) in [5, 5.41) is 24.2. The first-order valence-corrected chi connectivity index (χ1v) is 15.1. The molecule has 4 heteroatoms. The summed E-state index contributed by atoms with van der Waals surface area (Å²) < 4.78 is 0.901. The van der Waals surface area contributed by atoms with Gasteiger partial charge in [0.1, 0.15) is 6.04 Å². The Morgan fingerprint density at radius 3 is 2.34 bits per heavy atom. The molecule has 2 N–H and O–H groups in total. The van der Waals surface area contributed by atoms with Crippen molar-refractivity contribution in [2.24, 2.45) is 17.8 Å². The highest BCUT2D eigenvalue weighted by atomic mass is 16.3. The third-order valence-electron chi connectivity index (χ3n) is 11.8. The molecule has 1 spiro atoms. The topological polar surface area (TPSA) is 43.7 Å². The summed E-state index contributed by atoms with van der Waals surface area (Å²) in [6, 6.07) is 10.1. The van der Waals surface area contributed by atoms with Crippen molar-refractivity contribution in [1.29, 1.82) is 0 Å². The van der Waals surface area contributed by atoms with Crippen LogP contribution < -0.4 is 4.90 Å². The van der Waals surface area contributed by atoms with E-state index >= 15 is 0 Å². The van der Waals surface area contributed by atoms with Crippen molar-refractivity contribution in [2.75, 3.05) is 18.5 Å². The molecular formula is C31H49N2O2+. The highest BCUT2D eigenvalue weighted by molar-refractivity contribution is 5.66. The first-order valence-electron chi connectivity index (χ1n) is 15.1. The molecule has 194 valence electrons. The zero-order valence-corrected chi connectivity index (χ0v) is 22.4. The molecule has 5 aliphatic heterocycles. The first kappa shape index (κ1) is 24.2. The fraction of sp³-hybridized carbons (Fsp3) is 0.806. The number of hydrogen-bond acceptors (Lipinski definition) is 3. The Bertz CT molecular complexity index is 921. The molecule has 5 heterocycles. The van der Waals surface area contributed by atoms with E-state index in [0.717, 1.165) is 23.9 Å². The number of unbranched alkanes of at least 4 members (excludes halogenated alkanes) is 8. The summed E-state index contributed by atoms with van der Waals surface area (Å²) in [5.41, 5.74) is 2.58. The van der Waals surface area contributed by atoms with Gasteiger partial charge in [0.05, 0.1) is 30.1 Å². The van der Waals surface area contributed by atoms with Crippen LogP contribution in [0.1, 0.15) is 96.5 Å². The van der Waals surface area contributed by atoms with E-state index in [1.165, 1.54) is 75.5 Å². The van der Waals surface area contributed by atoms with Crippen LogP contribution in [0.3, 0.4) is 0 Å². The molecule has 1 saturated carbocycles. The van der Waals surface area contributed by atoms with Gasteiger partial charge in [0, 0.05) is 37.4 Å². The molecule has 35 heavy (non-hydrogen) atoms. The molecule has 0 amide bonds. The predicted molar refractivity (Wildman–Crippen MR) is 142 cm³/mol. The van der Waals surface area contributed by atoms with E-state index in [1.807, 2.05) is 0 Å². The molecule has 0 aromatic heterocycles. The number of nitrogens with zero attached hydrogens (tertiary/aromatic N) is 2. The smallest absolute Gasteiger partial charge is 0.194 e. The monoisotopic (exact) mass is 481 g/mol. The number of piperidine rings is 4. The Morgan fingerprint density at radius 1 is 0.943 bits per heavy atom. The van der Waals surface area contributed by atoms with E-state index in [0.29, 0.717) is 35.9 Å². The zero-order valence-electron chi connectivity index (χ0n) is 22.4. The maximum atomic E-state index is 12.2. The Hall–Kier alpha value is -1.10. The lowest BCUT2D eigenvalue weighted by Gasteiger charge is -2.68. The second-order valence-corrected chi connectivity index (χ2v) is 12.9. The summed E-state index contributed by atoms with van der Waals surface area (Å²) in [7, 11) is 2.27. The highest BCUT2D eigenvalue weighted by Crippen LogP contribution is 2.71. The summed E-state index contributed by atoms with van der Waals surface area (Å²) in [4.78, 5) is 2.52. The van der Waals surface area contributed by atoms with E-state index in [1.54, 1.807) is 0 Å². The van der Waals surface area contributed by atoms with Crippen LogP contribution in [0.25, 0.3) is 0 Å². The van der Waals surface area contributed by atoms with Crippen molar-refractivity contribution in [3.63, 3.8) is 0 Å². The van der Waals surface area contributed by atoms with E-state index in [-0.39, 0.29) is 17.7 Å². The van der Waals surface area contributed by atoms with Crippen LogP contribution in [-0.2, 0) is 5.41 Å². The van der Waals surface area contributed by atoms with Crippen molar-refractivity contribution in [3.05, 3.63) is 29.8 Å². The average Bonchev–Trinajstić information content (AvgIpc) is 3.26. The average molecular weight is 482 g/mol. The third-order valence-corrected chi connectivity index (χ3v) is 11.8. The second-order valence-electron chi connectivity index (χ2n) is 12.9. The lowest BCUT2D eigenvalue weighted by Crippen LogP contribution is -2.83. The van der Waals surface area contributed by atoms with Crippen molar-refractivity contribution in [3.8, 4) is 0 Å². The number of anilines is 1. The highest BCUT2D eigenvalue weighted by Gasteiger charge is 2.82. The van der Waals surface area contributed by atoms with E-state index < -0.39 is 0 Å². The predicted octanol–water partition coefficient (Wildman–Crippen LogP) is 5.60. The molecular weight excluding hydrogens is 432 g/mol. The minimum Gasteiger partial charge on any atom is -0.392 e. The van der Waals surface area contributed by atoms with Gasteiger partial charge in [-0.2, -0.15) is 0 Å². The number of quaternary nitrogens is 1. The Labute approximate surface area is 213 Å². The molecule has 1 aromatic carbocycles. The van der Waals surface area contributed by atoms with Crippen molar-refractivity contribution >= 4 is 5.69 Å². The minimum absolute atomic E-state index is 0.136. The second kappa shape index (κ2) is 9.03. The van der Waals surface area contributed by atoms with E-state index in [9.17, 15) is 10.2 Å². The van der Waals surface area contributed by atoms with Gasteiger partial charge in [-0.05, 0) is 36.8 Å². The number of hydrogen-bond donors (Lipinski definition) is 2. The van der Waals surface area contributed by atoms with Crippen LogP contribution in [0.2, 0.25) is 0 Å². The molecule has 4 saturated heterocycles. The van der Waals surface area contributed by atoms with E-state index in [4.69, 9.17) is 0 Å². The number of fused-ring (bicyclic) bond motifs is 2. The number of aliphatic hydroxyl groups is 2. The largest absolute Gasteiger partial charge is 0.392 e. The van der Waals surface area contributed by atoms with Crippen LogP contribution >= 0.6 is 0 Å². The summed E-state index contributed by atoms with van der Waals surface area (Å²) in [6.45, 7) is 5.66. The SMILES string of the molecule is CCCCCCCCCCC[N@+]12[C@H](O)[C@@H](CC)[C@H]3C[C@H]1[C@@H]1N(C)c4ccccc4[C@]14C[C@H]2[C@@H]3[C@@H]4O. The van der Waals surface area contributed by atoms with Crippen LogP contribution in [0.5, 0.6) is 0 Å². The molecule has 5 bridgehead atoms. The number of rotatable bonds is 11. The molecule has 5 fully saturated rings. The van der Waals surface area contributed by atoms with Crippen LogP contribution in [0, 0.1) is 17.8 Å². The van der Waals surface area contributed by atoms with Gasteiger partial charge in [-0.3, -0.25) is 4.48 Å². The Kier molecular flexibility index (Phi) is 6.25. The van der Waals surface area contributed by atoms with Crippen molar-refractivity contribution in [1.82, 2.24) is 0 Å². The summed E-state index contributed by atoms with van der Waals surface area (Å²) in [5.74, 6) is 1.17. The number of benzene rings is 1. The quantitative estimate of drug-likeness (QED) is 0.319. The fourth-order valence-corrected chi connectivity index (χ4v) is 10.5. The van der Waals surface area contributed by atoms with Gasteiger partial charge in [-0.1, -0.05) is 77.0 Å². The number of para-hydroxylation sites is 1. The van der Waals surface area contributed by atoms with Gasteiger partial charge in [0.2, 0.25) is 0 Å². The maximum absolute atomic E-state index is 12.2. The van der Waals surface area contributed by atoms with Gasteiger partial charge >= 0.3 is 0 Å². The standard InChI is InChI=1S/C31H49N2O2/c1-4-6-7-8-9-10-11-12-15-18-33-25-19-22(21(5-2)30(33)35)27-26(33)20-31(29(27)34)23-16-13-14-17-24(23)32(3)28(25)31/h13-14,16-17,21-22,25-30,34-35H,4-12,15,18-20H2,1-3H3/q+1/t21-,22+,25-,26-,27+,28-,29-,30+,31+,33-/m0/s1. The maximum Gasteiger partial charge on any atom is 0.194 e. The van der Waals surface area contributed by atoms with Crippen LogP contribution in [0.15, 0.2) is 24.3 Å². The van der Waals surface area contributed by atoms with Crippen LogP contribution in [0.4, 0.5) is 5.69 Å². The van der Waals surface area contributed by atoms with Gasteiger partial charge in [-0.25, -0.2) is 0 Å². The van der Waals surface area contributed by atoms with Crippen molar-refractivity contribution < 1.29 is 14.7 Å². The van der Waals surface area contributed by atoms with Crippen molar-refractivity contribution in [2.45, 2.75) is 127 Å². The summed E-state index contributed by atoms with van der Waals surface area (Å²) >= 11 is 0. The van der Waals surface area contributed by atoms with Gasteiger partial charge in [0.15, 0.2) is 6.23 Å². The third kappa shape index (κ3) is 3.09. The van der Waals surface area contributed by atoms with Gasteiger partial charge in [0.25, 0.3) is 0 Å². The molecule has 10 atom stereocenters. The molecule has 0 radical (unpaired) electrons. The lowest BCUT2D eigenvalue weighted by atomic mass is 9.60. The van der Waals surface area contributed by atoms with Gasteiger partial charge in [-0.15, -0.1) is 0 Å². The lowest BCUT2D eigenvalue weighted by molar-refractivity contribution is -1.04. The fourth-order valence-electron chi connectivity index (χ4n) is 10.5. The number of likely N-dealkylation sites (N-methyl/N-ethyl adjacent to an activating group) is 1. The Balaban J connectivity index is 1.26. The minimum atomic E-state index is -0.275. The normalized spacial score (nSPS) is 44.2. The molecule has 7 rings (SSSR count). The van der Waals surface area contributed by atoms with E-state index in [2.05, 4.69) is 50.1 Å². The molecule has 1 aromatic rings. The van der Waals surface area contributed by atoms with Crippen LogP contribution in [-0.4, -0.2) is 58.7 Å². The molecule has 1 aliphatic carbocycles. The Morgan fingerprint density at radius 2 is 1.63 bits per heavy atom. The molecule has 6 aliphatic rings.